The Morgan fingerprint density at radius 1 is 1.25 bits per heavy atom. The molecule has 0 spiro atoms. The Morgan fingerprint density at radius 2 is 2.10 bits per heavy atom. The van der Waals surface area contributed by atoms with E-state index in [1.165, 1.54) is 12.8 Å². The quantitative estimate of drug-likeness (QED) is 0.881. The molecule has 1 saturated carbocycles. The maximum Gasteiger partial charge on any atom is 0.174 e. The zero-order valence-corrected chi connectivity index (χ0v) is 12.2. The summed E-state index contributed by atoms with van der Waals surface area (Å²) in [5.41, 5.74) is 0.893. The molecule has 0 aliphatic heterocycles. The van der Waals surface area contributed by atoms with Crippen LogP contribution in [0.5, 0.6) is 5.75 Å². The standard InChI is InChI=1S/C14H14Cl2N2O2/c15-13-4-3-11(6-14(13)16)19-8-12-5-10(18-20-12)7-17-9-1-2-9/h3-6,9,17H,1-2,7-8H2. The van der Waals surface area contributed by atoms with E-state index in [1.807, 2.05) is 6.07 Å². The molecule has 0 saturated heterocycles. The number of hydrogen-bond acceptors (Lipinski definition) is 4. The molecule has 0 atom stereocenters. The summed E-state index contributed by atoms with van der Waals surface area (Å²) < 4.78 is 10.8. The molecular weight excluding hydrogens is 299 g/mol. The van der Waals surface area contributed by atoms with Crippen LogP contribution >= 0.6 is 23.2 Å². The molecule has 4 nitrogen and oxygen atoms in total. The lowest BCUT2D eigenvalue weighted by molar-refractivity contribution is 0.248. The van der Waals surface area contributed by atoms with E-state index in [9.17, 15) is 0 Å². The molecule has 1 aromatic carbocycles. The van der Waals surface area contributed by atoms with E-state index >= 15 is 0 Å². The van der Waals surface area contributed by atoms with Crippen LogP contribution in [0.2, 0.25) is 10.0 Å². The second-order valence-electron chi connectivity index (χ2n) is 4.80. The van der Waals surface area contributed by atoms with Crippen molar-refractivity contribution in [3.8, 4) is 5.75 Å². The van der Waals surface area contributed by atoms with Gasteiger partial charge in [0.2, 0.25) is 0 Å². The third-order valence-electron chi connectivity index (χ3n) is 3.03. The number of rotatable bonds is 6. The summed E-state index contributed by atoms with van der Waals surface area (Å²) in [5.74, 6) is 1.33. The number of hydrogen-bond donors (Lipinski definition) is 1. The monoisotopic (exact) mass is 312 g/mol. The van der Waals surface area contributed by atoms with Gasteiger partial charge in [-0.3, -0.25) is 0 Å². The fraction of sp³-hybridized carbons (Fsp3) is 0.357. The molecule has 0 bridgehead atoms. The minimum absolute atomic E-state index is 0.314. The molecule has 1 fully saturated rings. The van der Waals surface area contributed by atoms with Crippen molar-refractivity contribution >= 4 is 23.2 Å². The maximum absolute atomic E-state index is 5.92. The Balaban J connectivity index is 1.53. The smallest absolute Gasteiger partial charge is 0.174 e. The molecule has 6 heteroatoms. The van der Waals surface area contributed by atoms with E-state index in [1.54, 1.807) is 18.2 Å². The predicted octanol–water partition coefficient (Wildman–Crippen LogP) is 3.81. The van der Waals surface area contributed by atoms with E-state index in [0.29, 0.717) is 34.2 Å². The molecular formula is C14H14Cl2N2O2. The largest absolute Gasteiger partial charge is 0.485 e. The Kier molecular flexibility index (Phi) is 4.15. The second-order valence-corrected chi connectivity index (χ2v) is 5.62. The highest BCUT2D eigenvalue weighted by molar-refractivity contribution is 6.42. The van der Waals surface area contributed by atoms with Crippen molar-refractivity contribution in [1.29, 1.82) is 0 Å². The van der Waals surface area contributed by atoms with Crippen molar-refractivity contribution in [2.24, 2.45) is 0 Å². The lowest BCUT2D eigenvalue weighted by Gasteiger charge is -2.04. The number of ether oxygens (including phenoxy) is 1. The molecule has 3 rings (SSSR count). The van der Waals surface area contributed by atoms with Crippen LogP contribution in [0.4, 0.5) is 0 Å². The van der Waals surface area contributed by atoms with Gasteiger partial charge in [-0.1, -0.05) is 28.4 Å². The van der Waals surface area contributed by atoms with Crippen LogP contribution in [0.1, 0.15) is 24.3 Å². The molecule has 0 radical (unpaired) electrons. The molecule has 106 valence electrons. The molecule has 1 aliphatic rings. The van der Waals surface area contributed by atoms with Crippen molar-refractivity contribution in [2.45, 2.75) is 32.0 Å². The summed E-state index contributed by atoms with van der Waals surface area (Å²) >= 11 is 11.8. The highest BCUT2D eigenvalue weighted by Crippen LogP contribution is 2.26. The van der Waals surface area contributed by atoms with Gasteiger partial charge in [0.15, 0.2) is 5.76 Å². The molecule has 1 heterocycles. The zero-order valence-electron chi connectivity index (χ0n) is 10.7. The lowest BCUT2D eigenvalue weighted by Crippen LogP contribution is -2.15. The first-order valence-corrected chi connectivity index (χ1v) is 7.22. The van der Waals surface area contributed by atoms with Crippen LogP contribution in [0, 0.1) is 0 Å². The number of nitrogens with one attached hydrogen (secondary N) is 1. The minimum atomic E-state index is 0.314. The minimum Gasteiger partial charge on any atom is -0.485 e. The second kappa shape index (κ2) is 6.04. The van der Waals surface area contributed by atoms with Crippen molar-refractivity contribution in [3.05, 3.63) is 45.8 Å². The van der Waals surface area contributed by atoms with Gasteiger partial charge in [-0.2, -0.15) is 0 Å². The molecule has 2 aromatic rings. The van der Waals surface area contributed by atoms with E-state index in [2.05, 4.69) is 10.5 Å². The number of nitrogens with zero attached hydrogens (tertiary/aromatic N) is 1. The summed E-state index contributed by atoms with van der Waals surface area (Å²) in [4.78, 5) is 0. The van der Waals surface area contributed by atoms with Gasteiger partial charge in [0.25, 0.3) is 0 Å². The summed E-state index contributed by atoms with van der Waals surface area (Å²) in [6, 6.07) is 7.69. The summed E-state index contributed by atoms with van der Waals surface area (Å²) in [6.07, 6.45) is 2.51. The summed E-state index contributed by atoms with van der Waals surface area (Å²) in [7, 11) is 0. The van der Waals surface area contributed by atoms with Gasteiger partial charge in [0, 0.05) is 24.7 Å². The van der Waals surface area contributed by atoms with Gasteiger partial charge in [-0.15, -0.1) is 0 Å². The topological polar surface area (TPSA) is 47.3 Å². The van der Waals surface area contributed by atoms with Crippen LogP contribution < -0.4 is 10.1 Å². The van der Waals surface area contributed by atoms with Gasteiger partial charge in [-0.25, -0.2) is 0 Å². The van der Waals surface area contributed by atoms with Gasteiger partial charge in [0.05, 0.1) is 15.7 Å². The van der Waals surface area contributed by atoms with Gasteiger partial charge >= 0.3 is 0 Å². The lowest BCUT2D eigenvalue weighted by atomic mass is 10.3. The van der Waals surface area contributed by atoms with Crippen LogP contribution in [-0.4, -0.2) is 11.2 Å². The average Bonchev–Trinajstić information content (AvgIpc) is 3.16. The van der Waals surface area contributed by atoms with Crippen LogP contribution in [0.3, 0.4) is 0 Å². The van der Waals surface area contributed by atoms with Crippen molar-refractivity contribution in [2.75, 3.05) is 0 Å². The Morgan fingerprint density at radius 3 is 2.85 bits per heavy atom. The first-order valence-electron chi connectivity index (χ1n) is 6.46. The molecule has 0 amide bonds. The fourth-order valence-electron chi connectivity index (χ4n) is 1.76. The first-order chi connectivity index (χ1) is 9.70. The third kappa shape index (κ3) is 3.66. The molecule has 0 unspecified atom stereocenters. The zero-order chi connectivity index (χ0) is 13.9. The maximum atomic E-state index is 5.92. The van der Waals surface area contributed by atoms with Crippen molar-refractivity contribution in [3.63, 3.8) is 0 Å². The van der Waals surface area contributed by atoms with E-state index < -0.39 is 0 Å². The van der Waals surface area contributed by atoms with E-state index in [4.69, 9.17) is 32.5 Å². The van der Waals surface area contributed by atoms with Gasteiger partial charge in [0.1, 0.15) is 12.4 Å². The average molecular weight is 313 g/mol. The van der Waals surface area contributed by atoms with Crippen LogP contribution in [-0.2, 0) is 13.2 Å². The number of benzene rings is 1. The Bertz CT molecular complexity index is 597. The summed E-state index contributed by atoms with van der Waals surface area (Å²) in [5, 5.41) is 8.35. The van der Waals surface area contributed by atoms with E-state index in [-0.39, 0.29) is 0 Å². The van der Waals surface area contributed by atoms with Crippen molar-refractivity contribution < 1.29 is 9.26 Å². The highest BCUT2D eigenvalue weighted by Gasteiger charge is 2.20. The fourth-order valence-corrected chi connectivity index (χ4v) is 2.05. The van der Waals surface area contributed by atoms with Gasteiger partial charge < -0.3 is 14.6 Å². The first kappa shape index (κ1) is 13.7. The number of aromatic nitrogens is 1. The molecule has 1 aliphatic carbocycles. The van der Waals surface area contributed by atoms with Crippen LogP contribution in [0.25, 0.3) is 0 Å². The Labute approximate surface area is 127 Å². The van der Waals surface area contributed by atoms with Crippen molar-refractivity contribution in [1.82, 2.24) is 10.5 Å². The normalized spacial score (nSPS) is 14.5. The van der Waals surface area contributed by atoms with E-state index in [0.717, 1.165) is 12.2 Å². The van der Waals surface area contributed by atoms with Gasteiger partial charge in [-0.05, 0) is 25.0 Å². The highest BCUT2D eigenvalue weighted by atomic mass is 35.5. The number of halogens is 2. The van der Waals surface area contributed by atoms with Crippen LogP contribution in [0.15, 0.2) is 28.8 Å². The molecule has 1 aromatic heterocycles. The molecule has 20 heavy (non-hydrogen) atoms. The third-order valence-corrected chi connectivity index (χ3v) is 3.77. The Hall–Kier alpha value is -1.23. The predicted molar refractivity (Wildman–Crippen MR) is 77.2 cm³/mol. The SMILES string of the molecule is Clc1ccc(OCc2cc(CNC3CC3)no2)cc1Cl. The summed E-state index contributed by atoms with van der Waals surface area (Å²) in [6.45, 7) is 1.05. The molecule has 1 N–H and O–H groups in total.